The van der Waals surface area contributed by atoms with Crippen molar-refractivity contribution in [2.75, 3.05) is 18.4 Å². The topological polar surface area (TPSA) is 83.5 Å². The van der Waals surface area contributed by atoms with Crippen molar-refractivity contribution in [1.82, 2.24) is 4.31 Å². The molecule has 3 rings (SSSR count). The van der Waals surface area contributed by atoms with Crippen molar-refractivity contribution in [2.45, 2.75) is 31.1 Å². The SMILES string of the molecule is CC(=O)c1ccc(NC(=O)c2ccccc2S(=O)(=O)N2CCCCC2)cc1. The lowest BCUT2D eigenvalue weighted by molar-refractivity contribution is 0.101. The third kappa shape index (κ3) is 4.26. The van der Waals surface area contributed by atoms with Crippen LogP contribution in [0.4, 0.5) is 5.69 Å². The largest absolute Gasteiger partial charge is 0.322 e. The van der Waals surface area contributed by atoms with E-state index < -0.39 is 15.9 Å². The molecule has 0 saturated carbocycles. The second kappa shape index (κ2) is 8.02. The van der Waals surface area contributed by atoms with Gasteiger partial charge in [0.1, 0.15) is 0 Å². The van der Waals surface area contributed by atoms with Gasteiger partial charge in [0, 0.05) is 24.3 Å². The van der Waals surface area contributed by atoms with Crippen molar-refractivity contribution < 1.29 is 18.0 Å². The number of hydrogen-bond donors (Lipinski definition) is 1. The molecule has 0 bridgehead atoms. The minimum absolute atomic E-state index is 0.0183. The number of piperidine rings is 1. The van der Waals surface area contributed by atoms with Gasteiger partial charge in [-0.1, -0.05) is 18.6 Å². The molecule has 1 saturated heterocycles. The maximum Gasteiger partial charge on any atom is 0.257 e. The monoisotopic (exact) mass is 386 g/mol. The second-order valence-corrected chi connectivity index (χ2v) is 8.45. The smallest absolute Gasteiger partial charge is 0.257 e. The zero-order valence-electron chi connectivity index (χ0n) is 15.1. The molecule has 2 aromatic rings. The number of carbonyl (C=O) groups is 2. The van der Waals surface area contributed by atoms with Gasteiger partial charge < -0.3 is 5.32 Å². The van der Waals surface area contributed by atoms with Gasteiger partial charge in [0.05, 0.1) is 10.5 Å². The number of amides is 1. The van der Waals surface area contributed by atoms with E-state index in [1.165, 1.54) is 23.4 Å². The number of ketones is 1. The summed E-state index contributed by atoms with van der Waals surface area (Å²) in [6, 6.07) is 12.7. The molecule has 0 aliphatic carbocycles. The maximum absolute atomic E-state index is 13.0. The molecular weight excluding hydrogens is 364 g/mol. The molecule has 1 aliphatic heterocycles. The lowest BCUT2D eigenvalue weighted by atomic mass is 10.1. The minimum Gasteiger partial charge on any atom is -0.322 e. The average molecular weight is 386 g/mol. The summed E-state index contributed by atoms with van der Waals surface area (Å²) in [4.78, 5) is 24.1. The molecule has 0 atom stereocenters. The molecule has 1 N–H and O–H groups in total. The molecule has 7 heteroatoms. The molecule has 2 aromatic carbocycles. The highest BCUT2D eigenvalue weighted by Gasteiger charge is 2.29. The summed E-state index contributed by atoms with van der Waals surface area (Å²) in [5.41, 5.74) is 1.15. The summed E-state index contributed by atoms with van der Waals surface area (Å²) in [6.07, 6.45) is 2.68. The standard InChI is InChI=1S/C20H22N2O4S/c1-15(23)16-9-11-17(12-10-16)21-20(24)18-7-3-4-8-19(18)27(25,26)22-13-5-2-6-14-22/h3-4,7-12H,2,5-6,13-14H2,1H3,(H,21,24). The quantitative estimate of drug-likeness (QED) is 0.799. The predicted octanol–water partition coefficient (Wildman–Crippen LogP) is 3.32. The maximum atomic E-state index is 13.0. The van der Waals surface area contributed by atoms with Crippen LogP contribution in [0.15, 0.2) is 53.4 Å². The Labute approximate surface area is 159 Å². The Morgan fingerprint density at radius 2 is 1.56 bits per heavy atom. The molecule has 27 heavy (non-hydrogen) atoms. The number of benzene rings is 2. The van der Waals surface area contributed by atoms with Crippen LogP contribution in [-0.2, 0) is 10.0 Å². The van der Waals surface area contributed by atoms with E-state index in [-0.39, 0.29) is 16.2 Å². The summed E-state index contributed by atoms with van der Waals surface area (Å²) >= 11 is 0. The predicted molar refractivity (Wildman–Crippen MR) is 103 cm³/mol. The van der Waals surface area contributed by atoms with Crippen LogP contribution >= 0.6 is 0 Å². The Bertz CT molecular complexity index is 946. The number of nitrogens with one attached hydrogen (secondary N) is 1. The van der Waals surface area contributed by atoms with Gasteiger partial charge in [0.2, 0.25) is 10.0 Å². The fourth-order valence-corrected chi connectivity index (χ4v) is 4.82. The van der Waals surface area contributed by atoms with Crippen LogP contribution in [0.3, 0.4) is 0 Å². The van der Waals surface area contributed by atoms with Crippen LogP contribution in [0.1, 0.15) is 46.9 Å². The first-order chi connectivity index (χ1) is 12.9. The lowest BCUT2D eigenvalue weighted by Gasteiger charge is -2.26. The van der Waals surface area contributed by atoms with Crippen molar-refractivity contribution in [2.24, 2.45) is 0 Å². The highest BCUT2D eigenvalue weighted by Crippen LogP contribution is 2.24. The normalized spacial score (nSPS) is 15.3. The zero-order valence-corrected chi connectivity index (χ0v) is 16.0. The van der Waals surface area contributed by atoms with Crippen molar-refractivity contribution in [3.05, 3.63) is 59.7 Å². The van der Waals surface area contributed by atoms with Crippen molar-refractivity contribution in [3.63, 3.8) is 0 Å². The van der Waals surface area contributed by atoms with Crippen LogP contribution in [0.2, 0.25) is 0 Å². The molecule has 1 fully saturated rings. The highest BCUT2D eigenvalue weighted by molar-refractivity contribution is 7.89. The van der Waals surface area contributed by atoms with Gasteiger partial charge in [-0.2, -0.15) is 4.31 Å². The molecule has 142 valence electrons. The first-order valence-corrected chi connectivity index (χ1v) is 10.3. The third-order valence-electron chi connectivity index (χ3n) is 4.61. The first-order valence-electron chi connectivity index (χ1n) is 8.91. The fraction of sp³-hybridized carbons (Fsp3) is 0.300. The fourth-order valence-electron chi connectivity index (χ4n) is 3.11. The number of rotatable bonds is 5. The summed E-state index contributed by atoms with van der Waals surface area (Å²) in [6.45, 7) is 2.42. The van der Waals surface area contributed by atoms with Crippen molar-refractivity contribution in [3.8, 4) is 0 Å². The number of anilines is 1. The van der Waals surface area contributed by atoms with Gasteiger partial charge in [-0.3, -0.25) is 9.59 Å². The summed E-state index contributed by atoms with van der Waals surface area (Å²) in [7, 11) is -3.72. The van der Waals surface area contributed by atoms with Crippen molar-refractivity contribution in [1.29, 1.82) is 0 Å². The Morgan fingerprint density at radius 1 is 0.926 bits per heavy atom. The molecule has 1 aliphatic rings. The van der Waals surface area contributed by atoms with Gasteiger partial charge in [-0.25, -0.2) is 8.42 Å². The van der Waals surface area contributed by atoms with Gasteiger partial charge in [-0.15, -0.1) is 0 Å². The van der Waals surface area contributed by atoms with Crippen LogP contribution in [0.5, 0.6) is 0 Å². The van der Waals surface area contributed by atoms with Crippen LogP contribution in [0.25, 0.3) is 0 Å². The number of nitrogens with zero attached hydrogens (tertiary/aromatic N) is 1. The van der Waals surface area contributed by atoms with Crippen molar-refractivity contribution >= 4 is 27.4 Å². The Morgan fingerprint density at radius 3 is 2.19 bits per heavy atom. The Hall–Kier alpha value is -2.51. The molecule has 0 unspecified atom stereocenters. The van der Waals surface area contributed by atoms with Crippen LogP contribution in [0, 0.1) is 0 Å². The highest BCUT2D eigenvalue weighted by atomic mass is 32.2. The van der Waals surface area contributed by atoms with E-state index in [1.54, 1.807) is 36.4 Å². The van der Waals surface area contributed by atoms with E-state index >= 15 is 0 Å². The number of sulfonamides is 1. The number of Topliss-reactive ketones (excluding diaryl/α,β-unsaturated/α-hetero) is 1. The molecule has 0 spiro atoms. The van der Waals surface area contributed by atoms with Gasteiger partial charge in [-0.05, 0) is 56.2 Å². The summed E-state index contributed by atoms with van der Waals surface area (Å²) in [5, 5.41) is 2.71. The Kier molecular flexibility index (Phi) is 5.72. The lowest BCUT2D eigenvalue weighted by Crippen LogP contribution is -2.36. The van der Waals surface area contributed by atoms with Gasteiger partial charge >= 0.3 is 0 Å². The van der Waals surface area contributed by atoms with E-state index in [9.17, 15) is 18.0 Å². The molecule has 1 heterocycles. The minimum atomic E-state index is -3.72. The second-order valence-electron chi connectivity index (χ2n) is 6.55. The van der Waals surface area contributed by atoms with E-state index in [0.29, 0.717) is 24.3 Å². The molecule has 0 aromatic heterocycles. The van der Waals surface area contributed by atoms with Gasteiger partial charge in [0.25, 0.3) is 5.91 Å². The molecule has 1 amide bonds. The Balaban J connectivity index is 1.86. The van der Waals surface area contributed by atoms with Crippen LogP contribution < -0.4 is 5.32 Å². The van der Waals surface area contributed by atoms with E-state index in [1.807, 2.05) is 0 Å². The van der Waals surface area contributed by atoms with Gasteiger partial charge in [0.15, 0.2) is 5.78 Å². The summed E-state index contributed by atoms with van der Waals surface area (Å²) in [5.74, 6) is -0.562. The number of carbonyl (C=O) groups excluding carboxylic acids is 2. The number of hydrogen-bond acceptors (Lipinski definition) is 4. The molecular formula is C20H22N2O4S. The molecule has 0 radical (unpaired) electrons. The van der Waals surface area contributed by atoms with E-state index in [2.05, 4.69) is 5.32 Å². The van der Waals surface area contributed by atoms with E-state index in [0.717, 1.165) is 19.3 Å². The summed E-state index contributed by atoms with van der Waals surface area (Å²) < 4.78 is 27.4. The van der Waals surface area contributed by atoms with Crippen LogP contribution in [-0.4, -0.2) is 37.5 Å². The zero-order chi connectivity index (χ0) is 19.4. The third-order valence-corrected chi connectivity index (χ3v) is 6.57. The van der Waals surface area contributed by atoms with E-state index in [4.69, 9.17) is 0 Å². The molecule has 6 nitrogen and oxygen atoms in total. The average Bonchev–Trinajstić information content (AvgIpc) is 2.69. The first kappa shape index (κ1) is 19.3.